The van der Waals surface area contributed by atoms with Gasteiger partial charge in [0.15, 0.2) is 0 Å². The van der Waals surface area contributed by atoms with Crippen molar-refractivity contribution in [1.82, 2.24) is 19.3 Å². The minimum Gasteiger partial charge on any atom is -0.350 e. The lowest BCUT2D eigenvalue weighted by atomic mass is 9.91. The summed E-state index contributed by atoms with van der Waals surface area (Å²) in [5, 5.41) is 6.86. The molecule has 0 amide bonds. The molecule has 4 aromatic rings. The van der Waals surface area contributed by atoms with Crippen molar-refractivity contribution in [2.45, 2.75) is 49.3 Å². The van der Waals surface area contributed by atoms with Gasteiger partial charge in [-0.3, -0.25) is 0 Å². The number of halogens is 4. The Bertz CT molecular complexity index is 1590. The maximum atomic E-state index is 14.1. The van der Waals surface area contributed by atoms with Gasteiger partial charge in [0.1, 0.15) is 5.56 Å². The highest BCUT2D eigenvalue weighted by Gasteiger charge is 2.37. The van der Waals surface area contributed by atoms with Crippen LogP contribution < -0.4 is 10.6 Å². The quantitative estimate of drug-likeness (QED) is 0.287. The van der Waals surface area contributed by atoms with E-state index in [4.69, 9.17) is 0 Å². The summed E-state index contributed by atoms with van der Waals surface area (Å²) in [5.74, 6) is 0.0448. The van der Waals surface area contributed by atoms with Gasteiger partial charge in [-0.1, -0.05) is 40.2 Å². The summed E-state index contributed by atoms with van der Waals surface area (Å²) < 4.78 is 71.1. The number of benzene rings is 2. The van der Waals surface area contributed by atoms with E-state index in [0.717, 1.165) is 23.0 Å². The van der Waals surface area contributed by atoms with Crippen molar-refractivity contribution in [3.8, 4) is 11.3 Å². The van der Waals surface area contributed by atoms with Gasteiger partial charge in [-0.15, -0.1) is 0 Å². The molecule has 2 aromatic carbocycles. The first-order valence-electron chi connectivity index (χ1n) is 11.9. The zero-order valence-corrected chi connectivity index (χ0v) is 23.0. The summed E-state index contributed by atoms with van der Waals surface area (Å²) in [6, 6.07) is 12.4. The molecule has 1 aliphatic rings. The number of piperidine rings is 1. The minimum atomic E-state index is -4.76. The van der Waals surface area contributed by atoms with Crippen LogP contribution in [0.25, 0.3) is 22.2 Å². The number of hydrogen-bond donors (Lipinski definition) is 2. The number of anilines is 1. The van der Waals surface area contributed by atoms with E-state index in [1.165, 1.54) is 18.3 Å². The molecule has 12 heteroatoms. The van der Waals surface area contributed by atoms with Crippen LogP contribution in [0.15, 0.2) is 70.3 Å². The van der Waals surface area contributed by atoms with E-state index in [0.29, 0.717) is 16.4 Å². The van der Waals surface area contributed by atoms with Gasteiger partial charge in [0.2, 0.25) is 5.95 Å². The number of alkyl halides is 3. The number of fused-ring (bicyclic) bond motifs is 1. The van der Waals surface area contributed by atoms with Gasteiger partial charge >= 0.3 is 6.18 Å². The first-order valence-corrected chi connectivity index (χ1v) is 14.2. The molecule has 1 aliphatic heterocycles. The number of rotatable bonds is 5. The Morgan fingerprint density at radius 2 is 1.89 bits per heavy atom. The molecule has 0 spiro atoms. The third kappa shape index (κ3) is 5.16. The van der Waals surface area contributed by atoms with Gasteiger partial charge in [-0.2, -0.15) is 13.2 Å². The monoisotopic (exact) mass is 607 g/mol. The van der Waals surface area contributed by atoms with Crippen molar-refractivity contribution in [3.63, 3.8) is 0 Å². The molecule has 200 valence electrons. The fourth-order valence-electron chi connectivity index (χ4n) is 4.56. The molecule has 0 radical (unpaired) electrons. The average Bonchev–Trinajstić information content (AvgIpc) is 3.24. The van der Waals surface area contributed by atoms with Gasteiger partial charge in [-0.25, -0.2) is 22.4 Å². The molecule has 1 unspecified atom stereocenters. The van der Waals surface area contributed by atoms with Crippen LogP contribution in [0.4, 0.5) is 19.1 Å². The van der Waals surface area contributed by atoms with Crippen LogP contribution in [-0.2, 0) is 16.2 Å². The summed E-state index contributed by atoms with van der Waals surface area (Å²) in [7, 11) is -4.11. The van der Waals surface area contributed by atoms with E-state index in [-0.39, 0.29) is 33.5 Å². The van der Waals surface area contributed by atoms with Gasteiger partial charge < -0.3 is 10.6 Å². The van der Waals surface area contributed by atoms with E-state index in [1.807, 2.05) is 0 Å². The second-order valence-corrected chi connectivity index (χ2v) is 12.6. The van der Waals surface area contributed by atoms with Crippen molar-refractivity contribution >= 4 is 42.8 Å². The Kier molecular flexibility index (Phi) is 6.77. The molecule has 0 bridgehead atoms. The number of nitrogens with one attached hydrogen (secondary N) is 2. The number of nitrogens with zero attached hydrogens (tertiary/aromatic N) is 3. The highest BCUT2D eigenvalue weighted by Crippen LogP contribution is 2.41. The molecular weight excluding hydrogens is 583 g/mol. The Morgan fingerprint density at radius 3 is 2.55 bits per heavy atom. The maximum Gasteiger partial charge on any atom is 0.419 e. The summed E-state index contributed by atoms with van der Waals surface area (Å²) in [4.78, 5) is 8.26. The normalized spacial score (nSPS) is 18.0. The predicted molar refractivity (Wildman–Crippen MR) is 143 cm³/mol. The number of hydrogen-bond acceptors (Lipinski definition) is 6. The fraction of sp³-hybridized carbons (Fsp3) is 0.308. The highest BCUT2D eigenvalue weighted by atomic mass is 79.9. The second kappa shape index (κ2) is 9.65. The van der Waals surface area contributed by atoms with Crippen LogP contribution in [0.1, 0.15) is 32.3 Å². The third-order valence-corrected chi connectivity index (χ3v) is 8.84. The molecule has 2 aromatic heterocycles. The average molecular weight is 608 g/mol. The van der Waals surface area contributed by atoms with Gasteiger partial charge in [0.25, 0.3) is 10.0 Å². The van der Waals surface area contributed by atoms with Gasteiger partial charge in [0.05, 0.1) is 16.1 Å². The van der Waals surface area contributed by atoms with Crippen LogP contribution in [0.5, 0.6) is 0 Å². The van der Waals surface area contributed by atoms with E-state index in [9.17, 15) is 21.6 Å². The van der Waals surface area contributed by atoms with Crippen molar-refractivity contribution in [2.75, 3.05) is 11.9 Å². The molecule has 0 saturated carbocycles. The number of aromatic nitrogens is 3. The Hall–Kier alpha value is -2.96. The molecule has 3 heterocycles. The van der Waals surface area contributed by atoms with Crippen molar-refractivity contribution in [1.29, 1.82) is 0 Å². The maximum absolute atomic E-state index is 14.1. The SMILES string of the molecule is CC1(C)CCC(Nc2ncc(C(F)(F)F)c(-c3cn(S(=O)(=O)c4ccccc4)c4cc(Br)ccc34)n2)CN1. The summed E-state index contributed by atoms with van der Waals surface area (Å²) in [5.41, 5.74) is -1.21. The lowest BCUT2D eigenvalue weighted by molar-refractivity contribution is -0.137. The van der Waals surface area contributed by atoms with Crippen LogP contribution in [0.3, 0.4) is 0 Å². The van der Waals surface area contributed by atoms with Crippen molar-refractivity contribution in [3.05, 3.63) is 71.0 Å². The molecule has 2 N–H and O–H groups in total. The predicted octanol–water partition coefficient (Wildman–Crippen LogP) is 6.06. The van der Waals surface area contributed by atoms with Gasteiger partial charge in [0, 0.05) is 45.9 Å². The van der Waals surface area contributed by atoms with Gasteiger partial charge in [-0.05, 0) is 51.0 Å². The summed E-state index contributed by atoms with van der Waals surface area (Å²) in [6.07, 6.45) is -1.14. The first kappa shape index (κ1) is 26.6. The molecule has 5 rings (SSSR count). The summed E-state index contributed by atoms with van der Waals surface area (Å²) >= 11 is 3.35. The van der Waals surface area contributed by atoms with Crippen molar-refractivity contribution in [2.24, 2.45) is 0 Å². The standard InChI is InChI=1S/C26H25BrF3N5O2S/c1-25(2)11-10-17(13-32-25)33-24-31-14-21(26(28,29)30)23(34-24)20-15-35(22-12-16(27)8-9-19(20)22)38(36,37)18-6-4-3-5-7-18/h3-9,12,14-15,17,32H,10-11,13H2,1-2H3,(H,31,33,34). The minimum absolute atomic E-state index is 0.0113. The van der Waals surface area contributed by atoms with Crippen LogP contribution in [0, 0.1) is 0 Å². The van der Waals surface area contributed by atoms with Crippen LogP contribution in [-0.4, -0.2) is 40.5 Å². The van der Waals surface area contributed by atoms with E-state index in [2.05, 4.69) is 50.4 Å². The van der Waals surface area contributed by atoms with Crippen molar-refractivity contribution < 1.29 is 21.6 Å². The van der Waals surface area contributed by atoms with E-state index in [1.54, 1.807) is 36.4 Å². The zero-order valence-electron chi connectivity index (χ0n) is 20.6. The van der Waals surface area contributed by atoms with E-state index < -0.39 is 27.5 Å². The molecule has 1 atom stereocenters. The Balaban J connectivity index is 1.66. The topological polar surface area (TPSA) is 88.9 Å². The molecular formula is C26H25BrF3N5O2S. The lowest BCUT2D eigenvalue weighted by Gasteiger charge is -2.36. The molecule has 7 nitrogen and oxygen atoms in total. The lowest BCUT2D eigenvalue weighted by Crippen LogP contribution is -2.50. The smallest absolute Gasteiger partial charge is 0.350 e. The third-order valence-electron chi connectivity index (χ3n) is 6.66. The second-order valence-electron chi connectivity index (χ2n) is 9.92. The largest absolute Gasteiger partial charge is 0.419 e. The molecule has 0 aliphatic carbocycles. The molecule has 1 fully saturated rings. The first-order chi connectivity index (χ1) is 17.8. The molecule has 1 saturated heterocycles. The van der Waals surface area contributed by atoms with Crippen LogP contribution >= 0.6 is 15.9 Å². The summed E-state index contributed by atoms with van der Waals surface area (Å²) in [6.45, 7) is 4.79. The fourth-order valence-corrected chi connectivity index (χ4v) is 6.29. The highest BCUT2D eigenvalue weighted by molar-refractivity contribution is 9.10. The Labute approximate surface area is 226 Å². The van der Waals surface area contributed by atoms with E-state index >= 15 is 0 Å². The Morgan fingerprint density at radius 1 is 1.16 bits per heavy atom. The van der Waals surface area contributed by atoms with Crippen LogP contribution in [0.2, 0.25) is 0 Å². The molecule has 38 heavy (non-hydrogen) atoms. The zero-order chi connectivity index (χ0) is 27.3.